The lowest BCUT2D eigenvalue weighted by atomic mass is 10.1. The number of aliphatic imine (C=N–C) groups is 1. The molecule has 1 aromatic heterocycles. The van der Waals surface area contributed by atoms with Gasteiger partial charge in [0.25, 0.3) is 0 Å². The molecule has 28 heavy (non-hydrogen) atoms. The molecule has 0 saturated heterocycles. The molecule has 150 valence electrons. The van der Waals surface area contributed by atoms with E-state index in [1.54, 1.807) is 19.2 Å². The van der Waals surface area contributed by atoms with Crippen molar-refractivity contribution < 1.29 is 9.84 Å². The van der Waals surface area contributed by atoms with E-state index in [2.05, 4.69) is 30.9 Å². The number of hydrogen-bond acceptors (Lipinski definition) is 6. The number of aromatic nitrogens is 2. The Bertz CT molecular complexity index is 790. The van der Waals surface area contributed by atoms with Crippen molar-refractivity contribution in [2.24, 2.45) is 4.99 Å². The first kappa shape index (κ1) is 21.5. The number of thiocarbonyl (C=S) groups is 1. The Balaban J connectivity index is 2.05. The number of anilines is 1. The Kier molecular flexibility index (Phi) is 8.57. The van der Waals surface area contributed by atoms with Gasteiger partial charge < -0.3 is 20.5 Å². The Morgan fingerprint density at radius 2 is 1.86 bits per heavy atom. The maximum Gasteiger partial charge on any atom is 0.229 e. The number of benzene rings is 1. The molecule has 0 aliphatic heterocycles. The second-order valence-corrected chi connectivity index (χ2v) is 6.53. The third-order valence-corrected chi connectivity index (χ3v) is 3.89. The van der Waals surface area contributed by atoms with Crippen molar-refractivity contribution in [3.8, 4) is 5.75 Å². The number of phenols is 1. The van der Waals surface area contributed by atoms with E-state index in [0.29, 0.717) is 43.1 Å². The number of ether oxygens (including phenoxy) is 1. The minimum Gasteiger partial charge on any atom is -0.508 e. The number of methoxy groups -OCH3 is 1. The number of rotatable bonds is 7. The van der Waals surface area contributed by atoms with Crippen LogP contribution in [0.25, 0.3) is 0 Å². The average Bonchev–Trinajstić information content (AvgIpc) is 2.62. The molecule has 1 heterocycles. The van der Waals surface area contributed by atoms with E-state index in [4.69, 9.17) is 17.0 Å². The Morgan fingerprint density at radius 1 is 1.18 bits per heavy atom. The summed E-state index contributed by atoms with van der Waals surface area (Å²) in [4.78, 5) is 13.3. The number of nitrogens with zero attached hydrogens (tertiary/aromatic N) is 3. The number of guanidine groups is 1. The van der Waals surface area contributed by atoms with E-state index in [-0.39, 0.29) is 5.75 Å². The molecule has 2 rings (SSSR count). The van der Waals surface area contributed by atoms with Gasteiger partial charge in [-0.2, -0.15) is 0 Å². The molecule has 0 spiro atoms. The van der Waals surface area contributed by atoms with Gasteiger partial charge in [0, 0.05) is 31.6 Å². The molecule has 0 unspecified atom stereocenters. The van der Waals surface area contributed by atoms with Crippen molar-refractivity contribution in [1.82, 2.24) is 20.6 Å². The number of aromatic hydroxyl groups is 1. The summed E-state index contributed by atoms with van der Waals surface area (Å²) in [5.41, 5.74) is 2.79. The highest BCUT2D eigenvalue weighted by atomic mass is 32.1. The number of nitrogens with one attached hydrogen (secondary N) is 3. The topological polar surface area (TPSA) is 104 Å². The molecule has 0 aliphatic rings. The van der Waals surface area contributed by atoms with E-state index in [9.17, 15) is 5.11 Å². The normalized spacial score (nSPS) is 11.2. The number of phenolic OH excluding ortho intramolecular Hbond substituents is 1. The van der Waals surface area contributed by atoms with Crippen LogP contribution >= 0.6 is 12.2 Å². The van der Waals surface area contributed by atoms with Crippen LogP contribution < -0.4 is 16.0 Å². The first-order valence-electron chi connectivity index (χ1n) is 8.91. The fourth-order valence-corrected chi connectivity index (χ4v) is 2.57. The predicted molar refractivity (Wildman–Crippen MR) is 115 cm³/mol. The molecule has 0 aliphatic carbocycles. The van der Waals surface area contributed by atoms with Gasteiger partial charge in [0.2, 0.25) is 11.9 Å². The van der Waals surface area contributed by atoms with Gasteiger partial charge in [-0.05, 0) is 56.2 Å². The second kappa shape index (κ2) is 11.2. The van der Waals surface area contributed by atoms with Gasteiger partial charge in [0.15, 0.2) is 5.11 Å². The van der Waals surface area contributed by atoms with E-state index in [0.717, 1.165) is 17.0 Å². The third-order valence-electron chi connectivity index (χ3n) is 3.64. The molecule has 0 radical (unpaired) electrons. The first-order chi connectivity index (χ1) is 13.5. The highest BCUT2D eigenvalue weighted by Gasteiger charge is 2.07. The molecule has 4 N–H and O–H groups in total. The van der Waals surface area contributed by atoms with Crippen LogP contribution in [0.2, 0.25) is 0 Å². The van der Waals surface area contributed by atoms with Crippen LogP contribution in [0.1, 0.15) is 17.0 Å². The molecule has 9 heteroatoms. The second-order valence-electron chi connectivity index (χ2n) is 6.12. The lowest BCUT2D eigenvalue weighted by molar-refractivity contribution is 0.204. The quantitative estimate of drug-likeness (QED) is 0.241. The number of aryl methyl sites for hydroxylation is 2. The summed E-state index contributed by atoms with van der Waals surface area (Å²) in [5.74, 6) is 1.16. The molecule has 0 bridgehead atoms. The van der Waals surface area contributed by atoms with Crippen molar-refractivity contribution in [3.05, 3.63) is 47.3 Å². The van der Waals surface area contributed by atoms with Gasteiger partial charge in [0.1, 0.15) is 5.75 Å². The summed E-state index contributed by atoms with van der Waals surface area (Å²) < 4.78 is 5.01. The summed E-state index contributed by atoms with van der Waals surface area (Å²) in [6.45, 7) is 5.47. The zero-order valence-electron chi connectivity index (χ0n) is 16.3. The van der Waals surface area contributed by atoms with Gasteiger partial charge in [-0.25, -0.2) is 9.97 Å². The maximum absolute atomic E-state index is 9.38. The van der Waals surface area contributed by atoms with Crippen LogP contribution in [0.4, 0.5) is 5.95 Å². The van der Waals surface area contributed by atoms with Gasteiger partial charge in [-0.15, -0.1) is 0 Å². The summed E-state index contributed by atoms with van der Waals surface area (Å²) in [7, 11) is 1.63. The summed E-state index contributed by atoms with van der Waals surface area (Å²) in [5, 5.41) is 19.0. The van der Waals surface area contributed by atoms with Crippen LogP contribution in [0.15, 0.2) is 35.3 Å². The standard InChI is InChI=1S/C19H26N6O2S/c1-13-12-14(2)23-18(22-13)24-17(25-19(28)21-10-11-27-3)20-9-8-15-4-6-16(26)7-5-15/h4-7,12,26H,8-11H2,1-3H3,(H3,20,21,22,23,24,25,28). The largest absolute Gasteiger partial charge is 0.508 e. The lowest BCUT2D eigenvalue weighted by Crippen LogP contribution is -2.43. The summed E-state index contributed by atoms with van der Waals surface area (Å²) >= 11 is 5.30. The fourth-order valence-electron chi connectivity index (χ4n) is 2.38. The molecule has 2 aromatic rings. The van der Waals surface area contributed by atoms with Crippen molar-refractivity contribution in [3.63, 3.8) is 0 Å². The Morgan fingerprint density at radius 3 is 2.50 bits per heavy atom. The molecule has 0 atom stereocenters. The predicted octanol–water partition coefficient (Wildman–Crippen LogP) is 1.92. The highest BCUT2D eigenvalue weighted by molar-refractivity contribution is 7.80. The van der Waals surface area contributed by atoms with Crippen LogP contribution in [-0.2, 0) is 11.2 Å². The van der Waals surface area contributed by atoms with Gasteiger partial charge in [-0.3, -0.25) is 10.3 Å². The Hall–Kier alpha value is -2.78. The summed E-state index contributed by atoms with van der Waals surface area (Å²) in [6, 6.07) is 8.96. The van der Waals surface area contributed by atoms with E-state index < -0.39 is 0 Å². The van der Waals surface area contributed by atoms with Crippen molar-refractivity contribution >= 4 is 29.2 Å². The molecular weight excluding hydrogens is 376 g/mol. The first-order valence-corrected chi connectivity index (χ1v) is 9.32. The van der Waals surface area contributed by atoms with Crippen molar-refractivity contribution in [2.45, 2.75) is 20.3 Å². The third kappa shape index (κ3) is 7.85. The van der Waals surface area contributed by atoms with Gasteiger partial charge in [0.05, 0.1) is 6.61 Å². The zero-order chi connectivity index (χ0) is 20.4. The monoisotopic (exact) mass is 402 g/mol. The van der Waals surface area contributed by atoms with E-state index in [1.807, 2.05) is 32.0 Å². The molecular formula is C19H26N6O2S. The van der Waals surface area contributed by atoms with Crippen molar-refractivity contribution in [1.29, 1.82) is 0 Å². The average molecular weight is 403 g/mol. The maximum atomic E-state index is 9.38. The fraction of sp³-hybridized carbons (Fsp3) is 0.368. The van der Waals surface area contributed by atoms with Gasteiger partial charge >= 0.3 is 0 Å². The number of hydrogen-bond donors (Lipinski definition) is 4. The van der Waals surface area contributed by atoms with Crippen molar-refractivity contribution in [2.75, 3.05) is 32.1 Å². The zero-order valence-corrected chi connectivity index (χ0v) is 17.1. The lowest BCUT2D eigenvalue weighted by Gasteiger charge is -2.14. The van der Waals surface area contributed by atoms with Crippen LogP contribution in [-0.4, -0.2) is 53.0 Å². The SMILES string of the molecule is COCCNC(=S)NC(=NCCc1ccc(O)cc1)Nc1nc(C)cc(C)n1. The molecule has 0 fully saturated rings. The Labute approximate surface area is 170 Å². The molecule has 1 aromatic carbocycles. The molecule has 0 amide bonds. The molecule has 0 saturated carbocycles. The smallest absolute Gasteiger partial charge is 0.229 e. The van der Waals surface area contributed by atoms with Crippen LogP contribution in [0, 0.1) is 13.8 Å². The minimum atomic E-state index is 0.246. The molecule has 8 nitrogen and oxygen atoms in total. The minimum absolute atomic E-state index is 0.246. The summed E-state index contributed by atoms with van der Waals surface area (Å²) in [6.07, 6.45) is 0.713. The van der Waals surface area contributed by atoms with Gasteiger partial charge in [-0.1, -0.05) is 12.1 Å². The van der Waals surface area contributed by atoms with E-state index in [1.165, 1.54) is 0 Å². The van der Waals surface area contributed by atoms with E-state index >= 15 is 0 Å². The van der Waals surface area contributed by atoms with Crippen LogP contribution in [0.3, 0.4) is 0 Å². The highest BCUT2D eigenvalue weighted by Crippen LogP contribution is 2.10. The van der Waals surface area contributed by atoms with Crippen LogP contribution in [0.5, 0.6) is 5.75 Å².